The van der Waals surface area contributed by atoms with Gasteiger partial charge in [-0.1, -0.05) is 19.9 Å². The van der Waals surface area contributed by atoms with Crippen molar-refractivity contribution < 1.29 is 14.6 Å². The lowest BCUT2D eigenvalue weighted by molar-refractivity contribution is -0.188. The SMILES string of the molecule is C=C1C[C@]23CC[C@@H]4[C@](C)(CCC[C@@]4(C)C(=O)OC)[C@H]2CC[C@@]1(O)C3. The van der Waals surface area contributed by atoms with E-state index >= 15 is 0 Å². The summed E-state index contributed by atoms with van der Waals surface area (Å²) in [6.07, 6.45) is 9.32. The Labute approximate surface area is 145 Å². The maximum atomic E-state index is 12.6. The molecular weight excluding hydrogens is 300 g/mol. The van der Waals surface area contributed by atoms with E-state index < -0.39 is 5.60 Å². The number of methoxy groups -OCH3 is 1. The van der Waals surface area contributed by atoms with Gasteiger partial charge >= 0.3 is 5.97 Å². The quantitative estimate of drug-likeness (QED) is 0.577. The maximum absolute atomic E-state index is 12.6. The Morgan fingerprint density at radius 3 is 2.58 bits per heavy atom. The van der Waals surface area contributed by atoms with Crippen LogP contribution in [-0.4, -0.2) is 23.8 Å². The summed E-state index contributed by atoms with van der Waals surface area (Å²) in [7, 11) is 1.53. The molecule has 4 fully saturated rings. The van der Waals surface area contributed by atoms with Gasteiger partial charge < -0.3 is 9.84 Å². The lowest BCUT2D eigenvalue weighted by Gasteiger charge is -2.63. The first-order valence-corrected chi connectivity index (χ1v) is 9.69. The van der Waals surface area contributed by atoms with E-state index in [9.17, 15) is 9.90 Å². The third-order valence-electron chi connectivity index (χ3n) is 8.81. The summed E-state index contributed by atoms with van der Waals surface area (Å²) in [5.74, 6) is 0.993. The number of esters is 1. The van der Waals surface area contributed by atoms with E-state index in [-0.39, 0.29) is 22.2 Å². The van der Waals surface area contributed by atoms with Crippen LogP contribution in [0, 0.1) is 28.1 Å². The second-order valence-electron chi connectivity index (χ2n) is 9.80. The molecule has 0 aromatic rings. The monoisotopic (exact) mass is 332 g/mol. The van der Waals surface area contributed by atoms with Gasteiger partial charge in [0.05, 0.1) is 18.1 Å². The molecule has 2 bridgehead atoms. The van der Waals surface area contributed by atoms with Crippen LogP contribution >= 0.6 is 0 Å². The molecule has 1 N–H and O–H groups in total. The molecule has 0 unspecified atom stereocenters. The summed E-state index contributed by atoms with van der Waals surface area (Å²) < 4.78 is 5.22. The van der Waals surface area contributed by atoms with Crippen LogP contribution in [0.3, 0.4) is 0 Å². The molecule has 4 rings (SSSR count). The van der Waals surface area contributed by atoms with Crippen molar-refractivity contribution in [3.05, 3.63) is 12.2 Å². The van der Waals surface area contributed by atoms with Gasteiger partial charge in [0.15, 0.2) is 0 Å². The van der Waals surface area contributed by atoms with E-state index in [2.05, 4.69) is 20.4 Å². The average Bonchev–Trinajstić information content (AvgIpc) is 2.70. The molecule has 6 atom stereocenters. The van der Waals surface area contributed by atoms with Gasteiger partial charge in [0.2, 0.25) is 0 Å². The van der Waals surface area contributed by atoms with Crippen molar-refractivity contribution in [2.24, 2.45) is 28.1 Å². The fraction of sp³-hybridized carbons (Fsp3) is 0.857. The highest BCUT2D eigenvalue weighted by atomic mass is 16.5. The number of hydrogen-bond donors (Lipinski definition) is 1. The highest BCUT2D eigenvalue weighted by Crippen LogP contribution is 2.72. The van der Waals surface area contributed by atoms with Gasteiger partial charge in [0.1, 0.15) is 0 Å². The van der Waals surface area contributed by atoms with Crippen LogP contribution in [-0.2, 0) is 9.53 Å². The molecule has 3 nitrogen and oxygen atoms in total. The fourth-order valence-electron chi connectivity index (χ4n) is 7.83. The summed E-state index contributed by atoms with van der Waals surface area (Å²) in [6.45, 7) is 8.81. The Hall–Kier alpha value is -0.830. The van der Waals surface area contributed by atoms with E-state index in [1.54, 1.807) is 0 Å². The largest absolute Gasteiger partial charge is 0.469 e. The maximum Gasteiger partial charge on any atom is 0.311 e. The van der Waals surface area contributed by atoms with E-state index in [4.69, 9.17) is 4.74 Å². The molecule has 4 saturated carbocycles. The topological polar surface area (TPSA) is 46.5 Å². The van der Waals surface area contributed by atoms with E-state index in [0.717, 1.165) is 56.9 Å². The first kappa shape index (κ1) is 16.6. The summed E-state index contributed by atoms with van der Waals surface area (Å²) >= 11 is 0. The zero-order valence-corrected chi connectivity index (χ0v) is 15.5. The number of fused-ring (bicyclic) bond motifs is 3. The minimum Gasteiger partial charge on any atom is -0.469 e. The molecule has 4 aliphatic rings. The van der Waals surface area contributed by atoms with Crippen molar-refractivity contribution in [3.63, 3.8) is 0 Å². The highest BCUT2D eigenvalue weighted by Gasteiger charge is 2.67. The second kappa shape index (κ2) is 4.87. The summed E-state index contributed by atoms with van der Waals surface area (Å²) in [6, 6.07) is 0. The van der Waals surface area contributed by atoms with Gasteiger partial charge in [0, 0.05) is 0 Å². The molecule has 0 aromatic carbocycles. The molecule has 1 spiro atoms. The van der Waals surface area contributed by atoms with Crippen molar-refractivity contribution in [2.75, 3.05) is 7.11 Å². The molecular formula is C21H32O3. The summed E-state index contributed by atoms with van der Waals surface area (Å²) in [5.41, 5.74) is 0.528. The molecule has 0 aliphatic heterocycles. The van der Waals surface area contributed by atoms with Crippen molar-refractivity contribution in [1.29, 1.82) is 0 Å². The number of carbonyl (C=O) groups excluding carboxylic acids is 1. The average molecular weight is 332 g/mol. The summed E-state index contributed by atoms with van der Waals surface area (Å²) in [4.78, 5) is 12.6. The van der Waals surface area contributed by atoms with Gasteiger partial charge in [-0.15, -0.1) is 0 Å². The van der Waals surface area contributed by atoms with Crippen LogP contribution < -0.4 is 0 Å². The van der Waals surface area contributed by atoms with Crippen molar-refractivity contribution in [1.82, 2.24) is 0 Å². The van der Waals surface area contributed by atoms with Crippen molar-refractivity contribution in [2.45, 2.75) is 77.2 Å². The Bertz CT molecular complexity index is 598. The minimum atomic E-state index is -0.611. The fourth-order valence-corrected chi connectivity index (χ4v) is 7.83. The van der Waals surface area contributed by atoms with Crippen LogP contribution in [0.15, 0.2) is 12.2 Å². The molecule has 3 heteroatoms. The summed E-state index contributed by atoms with van der Waals surface area (Å²) in [5, 5.41) is 11.0. The van der Waals surface area contributed by atoms with Crippen LogP contribution in [0.4, 0.5) is 0 Å². The molecule has 0 saturated heterocycles. The van der Waals surface area contributed by atoms with Gasteiger partial charge in [-0.05, 0) is 86.5 Å². The van der Waals surface area contributed by atoms with E-state index in [0.29, 0.717) is 11.8 Å². The van der Waals surface area contributed by atoms with Crippen LogP contribution in [0.1, 0.15) is 71.6 Å². The molecule has 0 radical (unpaired) electrons. The first-order chi connectivity index (χ1) is 11.2. The molecule has 4 aliphatic carbocycles. The van der Waals surface area contributed by atoms with Gasteiger partial charge in [-0.3, -0.25) is 4.79 Å². The number of carbonyl (C=O) groups is 1. The standard InChI is InChI=1S/C21H32O3/c1-14-12-20-10-6-15-18(2,16(20)7-11-21(14,23)13-20)8-5-9-19(15,3)17(22)24-4/h15-16,23H,1,5-13H2,2-4H3/t15-,16-,18+,19-,20+,21-/m1/s1. The predicted octanol–water partition coefficient (Wildman–Crippen LogP) is 4.24. The lowest BCUT2D eigenvalue weighted by Crippen LogP contribution is -2.59. The molecule has 0 aromatic heterocycles. The molecule has 0 heterocycles. The van der Waals surface area contributed by atoms with Crippen LogP contribution in [0.25, 0.3) is 0 Å². The van der Waals surface area contributed by atoms with Gasteiger partial charge in [-0.25, -0.2) is 0 Å². The van der Waals surface area contributed by atoms with Crippen LogP contribution in [0.5, 0.6) is 0 Å². The number of rotatable bonds is 1. The molecule has 134 valence electrons. The third kappa shape index (κ3) is 1.85. The Kier molecular flexibility index (Phi) is 3.37. The zero-order valence-electron chi connectivity index (χ0n) is 15.5. The Morgan fingerprint density at radius 1 is 1.17 bits per heavy atom. The smallest absolute Gasteiger partial charge is 0.311 e. The lowest BCUT2D eigenvalue weighted by atomic mass is 9.41. The predicted molar refractivity (Wildman–Crippen MR) is 93.3 cm³/mol. The number of hydrogen-bond acceptors (Lipinski definition) is 3. The Morgan fingerprint density at radius 2 is 1.88 bits per heavy atom. The number of ether oxygens (including phenoxy) is 1. The van der Waals surface area contributed by atoms with Crippen molar-refractivity contribution in [3.8, 4) is 0 Å². The van der Waals surface area contributed by atoms with Crippen molar-refractivity contribution >= 4 is 5.97 Å². The first-order valence-electron chi connectivity index (χ1n) is 9.69. The minimum absolute atomic E-state index is 0.0162. The normalized spacial score (nSPS) is 53.2. The van der Waals surface area contributed by atoms with E-state index in [1.165, 1.54) is 13.5 Å². The van der Waals surface area contributed by atoms with Crippen LogP contribution in [0.2, 0.25) is 0 Å². The highest BCUT2D eigenvalue weighted by molar-refractivity contribution is 5.77. The Balaban J connectivity index is 1.74. The molecule has 24 heavy (non-hydrogen) atoms. The zero-order chi connectivity index (χ0) is 17.4. The van der Waals surface area contributed by atoms with Gasteiger partial charge in [-0.2, -0.15) is 0 Å². The molecule has 0 amide bonds. The third-order valence-corrected chi connectivity index (χ3v) is 8.81. The number of aliphatic hydroxyl groups is 1. The second-order valence-corrected chi connectivity index (χ2v) is 9.80. The van der Waals surface area contributed by atoms with E-state index in [1.807, 2.05) is 0 Å². The van der Waals surface area contributed by atoms with Gasteiger partial charge in [0.25, 0.3) is 0 Å².